The second-order valence-corrected chi connectivity index (χ2v) is 7.95. The van der Waals surface area contributed by atoms with Crippen molar-refractivity contribution in [3.05, 3.63) is 72.6 Å². The Morgan fingerprint density at radius 2 is 1.85 bits per heavy atom. The van der Waals surface area contributed by atoms with Crippen LogP contribution in [-0.2, 0) is 21.4 Å². The number of amides is 1. The number of sulfonamides is 1. The van der Waals surface area contributed by atoms with Gasteiger partial charge in [0, 0.05) is 26.0 Å². The molecule has 1 amide bonds. The van der Waals surface area contributed by atoms with Gasteiger partial charge in [-0.3, -0.25) is 9.78 Å². The van der Waals surface area contributed by atoms with E-state index < -0.39 is 10.0 Å². The Balaban J connectivity index is 1.68. The van der Waals surface area contributed by atoms with Crippen LogP contribution in [0.5, 0.6) is 0 Å². The van der Waals surface area contributed by atoms with Crippen LogP contribution in [0.3, 0.4) is 0 Å². The predicted octanol–water partition coefficient (Wildman–Crippen LogP) is 2.17. The zero-order chi connectivity index (χ0) is 18.6. The summed E-state index contributed by atoms with van der Waals surface area (Å²) in [7, 11) is -2.35. The van der Waals surface area contributed by atoms with E-state index in [-0.39, 0.29) is 17.3 Å². The number of nitrogens with zero attached hydrogens (tertiary/aromatic N) is 2. The number of hydrogen-bond acceptors (Lipinski definition) is 4. The highest BCUT2D eigenvalue weighted by Gasteiger charge is 2.23. The lowest BCUT2D eigenvalue weighted by Gasteiger charge is -2.17. The maximum Gasteiger partial charge on any atom is 0.243 e. The zero-order valence-electron chi connectivity index (χ0n) is 14.3. The molecule has 0 aliphatic carbocycles. The molecular formula is C19H19N3O3S. The fraction of sp³-hybridized carbons (Fsp3) is 0.158. The van der Waals surface area contributed by atoms with Crippen molar-refractivity contribution in [2.75, 3.05) is 13.6 Å². The van der Waals surface area contributed by atoms with Crippen molar-refractivity contribution in [2.45, 2.75) is 11.4 Å². The van der Waals surface area contributed by atoms with Crippen LogP contribution in [0.15, 0.2) is 71.9 Å². The Morgan fingerprint density at radius 3 is 2.58 bits per heavy atom. The molecule has 0 saturated heterocycles. The van der Waals surface area contributed by atoms with Crippen LogP contribution in [0.4, 0.5) is 0 Å². The topological polar surface area (TPSA) is 79.4 Å². The van der Waals surface area contributed by atoms with Crippen molar-refractivity contribution >= 4 is 26.7 Å². The molecular weight excluding hydrogens is 350 g/mol. The Labute approximate surface area is 152 Å². The summed E-state index contributed by atoms with van der Waals surface area (Å²) in [6, 6.07) is 16.1. The van der Waals surface area contributed by atoms with Crippen LogP contribution in [-0.4, -0.2) is 37.2 Å². The van der Waals surface area contributed by atoms with E-state index in [9.17, 15) is 13.2 Å². The van der Waals surface area contributed by atoms with Gasteiger partial charge in [-0.25, -0.2) is 8.42 Å². The molecule has 0 atom stereocenters. The van der Waals surface area contributed by atoms with Crippen molar-refractivity contribution in [2.24, 2.45) is 0 Å². The van der Waals surface area contributed by atoms with Crippen molar-refractivity contribution in [1.29, 1.82) is 0 Å². The summed E-state index contributed by atoms with van der Waals surface area (Å²) in [5.74, 6) is -0.374. The Hall–Kier alpha value is -2.77. The van der Waals surface area contributed by atoms with Crippen molar-refractivity contribution in [1.82, 2.24) is 14.6 Å². The second kappa shape index (κ2) is 7.63. The number of benzene rings is 2. The number of fused-ring (bicyclic) bond motifs is 1. The number of pyridine rings is 1. The number of likely N-dealkylation sites (N-methyl/N-ethyl adjacent to an activating group) is 1. The first-order chi connectivity index (χ1) is 12.5. The summed E-state index contributed by atoms with van der Waals surface area (Å²) in [4.78, 5) is 16.2. The molecule has 26 heavy (non-hydrogen) atoms. The lowest BCUT2D eigenvalue weighted by molar-refractivity contribution is -0.121. The third-order valence-corrected chi connectivity index (χ3v) is 5.81. The Morgan fingerprint density at radius 1 is 1.08 bits per heavy atom. The van der Waals surface area contributed by atoms with Gasteiger partial charge in [-0.15, -0.1) is 0 Å². The molecule has 0 radical (unpaired) electrons. The molecule has 3 aromatic rings. The molecule has 0 aliphatic rings. The minimum atomic E-state index is -3.75. The molecule has 1 heterocycles. The van der Waals surface area contributed by atoms with Crippen molar-refractivity contribution < 1.29 is 13.2 Å². The molecule has 1 N–H and O–H groups in total. The van der Waals surface area contributed by atoms with Gasteiger partial charge in [-0.05, 0) is 34.5 Å². The standard InChI is InChI=1S/C19H19N3O3S/c1-22(14-19(23)21-13-15-5-4-10-20-12-15)26(24,25)18-9-8-16-6-2-3-7-17(16)11-18/h2-12H,13-14H2,1H3,(H,21,23). The van der Waals surface area contributed by atoms with Gasteiger partial charge in [-0.1, -0.05) is 36.4 Å². The van der Waals surface area contributed by atoms with Gasteiger partial charge in [-0.2, -0.15) is 4.31 Å². The quantitative estimate of drug-likeness (QED) is 0.722. The van der Waals surface area contributed by atoms with E-state index in [1.165, 1.54) is 7.05 Å². The van der Waals surface area contributed by atoms with Crippen molar-refractivity contribution in [3.8, 4) is 0 Å². The summed E-state index contributed by atoms with van der Waals surface area (Å²) in [6.07, 6.45) is 3.30. The van der Waals surface area contributed by atoms with E-state index in [0.29, 0.717) is 6.54 Å². The molecule has 6 nitrogen and oxygen atoms in total. The monoisotopic (exact) mass is 369 g/mol. The van der Waals surface area contributed by atoms with Crippen LogP contribution in [0.25, 0.3) is 10.8 Å². The van der Waals surface area contributed by atoms with E-state index in [2.05, 4.69) is 10.3 Å². The van der Waals surface area contributed by atoms with Crippen LogP contribution in [0.1, 0.15) is 5.56 Å². The fourth-order valence-corrected chi connectivity index (χ4v) is 3.72. The summed E-state index contributed by atoms with van der Waals surface area (Å²) in [6.45, 7) is 0.0476. The minimum Gasteiger partial charge on any atom is -0.351 e. The zero-order valence-corrected chi connectivity index (χ0v) is 15.1. The molecule has 134 valence electrons. The highest BCUT2D eigenvalue weighted by molar-refractivity contribution is 7.89. The van der Waals surface area contributed by atoms with Gasteiger partial charge in [0.2, 0.25) is 15.9 Å². The molecule has 1 aromatic heterocycles. The van der Waals surface area contributed by atoms with Crippen LogP contribution in [0, 0.1) is 0 Å². The van der Waals surface area contributed by atoms with Gasteiger partial charge in [0.05, 0.1) is 11.4 Å². The number of hydrogen-bond donors (Lipinski definition) is 1. The van der Waals surface area contributed by atoms with Crippen molar-refractivity contribution in [3.63, 3.8) is 0 Å². The van der Waals surface area contributed by atoms with E-state index >= 15 is 0 Å². The molecule has 3 rings (SSSR count). The van der Waals surface area contributed by atoms with E-state index in [0.717, 1.165) is 20.6 Å². The second-order valence-electron chi connectivity index (χ2n) is 5.91. The van der Waals surface area contributed by atoms with E-state index in [4.69, 9.17) is 0 Å². The first-order valence-corrected chi connectivity index (χ1v) is 9.51. The number of rotatable bonds is 6. The average Bonchev–Trinajstić information content (AvgIpc) is 2.66. The highest BCUT2D eigenvalue weighted by atomic mass is 32.2. The Kier molecular flexibility index (Phi) is 5.29. The number of carbonyl (C=O) groups is 1. The van der Waals surface area contributed by atoms with Gasteiger partial charge >= 0.3 is 0 Å². The first-order valence-electron chi connectivity index (χ1n) is 8.07. The summed E-state index contributed by atoms with van der Waals surface area (Å²) in [5.41, 5.74) is 0.848. The van der Waals surface area contributed by atoms with Gasteiger partial charge < -0.3 is 5.32 Å². The first kappa shape index (κ1) is 18.0. The maximum atomic E-state index is 12.7. The number of carbonyl (C=O) groups excluding carboxylic acids is 1. The minimum absolute atomic E-state index is 0.166. The normalized spacial score (nSPS) is 11.6. The van der Waals surface area contributed by atoms with Crippen LogP contribution >= 0.6 is 0 Å². The molecule has 0 saturated carbocycles. The SMILES string of the molecule is CN(CC(=O)NCc1cccnc1)S(=O)(=O)c1ccc2ccccc2c1. The van der Waals surface area contributed by atoms with Crippen LogP contribution in [0.2, 0.25) is 0 Å². The lowest BCUT2D eigenvalue weighted by atomic mass is 10.1. The molecule has 7 heteroatoms. The number of aromatic nitrogens is 1. The molecule has 0 unspecified atom stereocenters. The fourth-order valence-electron chi connectivity index (χ4n) is 2.55. The highest BCUT2D eigenvalue weighted by Crippen LogP contribution is 2.21. The smallest absolute Gasteiger partial charge is 0.243 e. The van der Waals surface area contributed by atoms with Gasteiger partial charge in [0.25, 0.3) is 0 Å². The third-order valence-electron chi connectivity index (χ3n) is 4.01. The Bertz CT molecular complexity index is 1020. The number of nitrogens with one attached hydrogen (secondary N) is 1. The summed E-state index contributed by atoms with van der Waals surface area (Å²) in [5, 5.41) is 4.50. The molecule has 2 aromatic carbocycles. The van der Waals surface area contributed by atoms with Crippen LogP contribution < -0.4 is 5.32 Å². The molecule has 0 aliphatic heterocycles. The summed E-state index contributed by atoms with van der Waals surface area (Å²) >= 11 is 0. The molecule has 0 fully saturated rings. The third kappa shape index (κ3) is 4.07. The maximum absolute atomic E-state index is 12.7. The molecule has 0 spiro atoms. The van der Waals surface area contributed by atoms with Gasteiger partial charge in [0.15, 0.2) is 0 Å². The predicted molar refractivity (Wildman–Crippen MR) is 99.8 cm³/mol. The molecule has 0 bridgehead atoms. The summed E-state index contributed by atoms with van der Waals surface area (Å²) < 4.78 is 26.5. The van der Waals surface area contributed by atoms with E-state index in [1.54, 1.807) is 36.7 Å². The lowest BCUT2D eigenvalue weighted by Crippen LogP contribution is -2.38. The largest absolute Gasteiger partial charge is 0.351 e. The van der Waals surface area contributed by atoms with Gasteiger partial charge in [0.1, 0.15) is 0 Å². The average molecular weight is 369 g/mol. The van der Waals surface area contributed by atoms with E-state index in [1.807, 2.05) is 30.3 Å².